The van der Waals surface area contributed by atoms with E-state index in [2.05, 4.69) is 22.6 Å². The minimum absolute atomic E-state index is 0.0761. The molecular weight excluding hydrogens is 342 g/mol. The van der Waals surface area contributed by atoms with E-state index in [4.69, 9.17) is 4.74 Å². The molecule has 0 spiro atoms. The third-order valence-electron chi connectivity index (χ3n) is 5.50. The van der Waals surface area contributed by atoms with Gasteiger partial charge in [-0.3, -0.25) is 9.59 Å². The van der Waals surface area contributed by atoms with E-state index in [0.29, 0.717) is 35.7 Å². The number of allylic oxidation sites excluding steroid dienone is 2. The van der Waals surface area contributed by atoms with Gasteiger partial charge >= 0.3 is 0 Å². The molecule has 140 valence electrons. The minimum atomic E-state index is -0.292. The lowest BCUT2D eigenvalue weighted by Crippen LogP contribution is -2.36. The predicted octanol–water partition coefficient (Wildman–Crippen LogP) is 2.25. The number of benzene rings is 1. The Morgan fingerprint density at radius 3 is 2.89 bits per heavy atom. The van der Waals surface area contributed by atoms with Crippen LogP contribution in [0.1, 0.15) is 12.8 Å². The maximum Gasteiger partial charge on any atom is 0.267 e. The van der Waals surface area contributed by atoms with Crippen LogP contribution in [0, 0.1) is 17.8 Å². The molecule has 1 N–H and O–H groups in total. The molecule has 1 fully saturated rings. The van der Waals surface area contributed by atoms with Crippen molar-refractivity contribution < 1.29 is 9.53 Å². The van der Waals surface area contributed by atoms with Crippen LogP contribution in [0.15, 0.2) is 53.3 Å². The zero-order chi connectivity index (χ0) is 18.8. The van der Waals surface area contributed by atoms with Crippen molar-refractivity contribution in [2.24, 2.45) is 17.8 Å². The predicted molar refractivity (Wildman–Crippen MR) is 102 cm³/mol. The van der Waals surface area contributed by atoms with Gasteiger partial charge in [-0.25, -0.2) is 4.68 Å². The molecule has 2 aromatic rings. The van der Waals surface area contributed by atoms with Crippen LogP contribution in [0.3, 0.4) is 0 Å². The van der Waals surface area contributed by atoms with Crippen LogP contribution >= 0.6 is 0 Å². The van der Waals surface area contributed by atoms with Crippen molar-refractivity contribution in [1.82, 2.24) is 15.1 Å². The van der Waals surface area contributed by atoms with E-state index >= 15 is 0 Å². The normalized spacial score (nSPS) is 22.8. The maximum atomic E-state index is 12.3. The molecule has 1 aromatic carbocycles. The molecule has 0 radical (unpaired) electrons. The van der Waals surface area contributed by atoms with Crippen molar-refractivity contribution >= 4 is 5.91 Å². The van der Waals surface area contributed by atoms with Gasteiger partial charge < -0.3 is 10.1 Å². The molecule has 2 aliphatic carbocycles. The summed E-state index contributed by atoms with van der Waals surface area (Å²) in [5, 5.41) is 7.32. The number of nitrogens with one attached hydrogen (secondary N) is 1. The van der Waals surface area contributed by atoms with E-state index in [0.717, 1.165) is 12.0 Å². The van der Waals surface area contributed by atoms with E-state index in [-0.39, 0.29) is 18.0 Å². The van der Waals surface area contributed by atoms with E-state index < -0.39 is 0 Å². The highest BCUT2D eigenvalue weighted by molar-refractivity contribution is 5.75. The second kappa shape index (κ2) is 7.39. The summed E-state index contributed by atoms with van der Waals surface area (Å²) in [4.78, 5) is 24.4. The first kappa shape index (κ1) is 17.5. The molecule has 6 nitrogen and oxygen atoms in total. The van der Waals surface area contributed by atoms with Gasteiger partial charge in [-0.15, -0.1) is 0 Å². The highest BCUT2D eigenvalue weighted by atomic mass is 16.5. The first-order valence-corrected chi connectivity index (χ1v) is 9.30. The molecule has 6 heteroatoms. The van der Waals surface area contributed by atoms with Gasteiger partial charge in [-0.2, -0.15) is 5.10 Å². The van der Waals surface area contributed by atoms with Crippen molar-refractivity contribution in [3.05, 3.63) is 58.9 Å². The molecule has 2 aliphatic rings. The maximum absolute atomic E-state index is 12.3. The number of aromatic nitrogens is 2. The molecular formula is C21H23N3O3. The third kappa shape index (κ3) is 3.79. The minimum Gasteiger partial charge on any atom is -0.497 e. The molecule has 1 aromatic heterocycles. The van der Waals surface area contributed by atoms with Gasteiger partial charge in [-0.05, 0) is 48.8 Å². The quantitative estimate of drug-likeness (QED) is 0.797. The number of carbonyl (C=O) groups excluding carboxylic acids is 1. The van der Waals surface area contributed by atoms with Crippen LogP contribution in [0.4, 0.5) is 0 Å². The summed E-state index contributed by atoms with van der Waals surface area (Å²) in [7, 11) is 1.60. The molecule has 3 atom stereocenters. The molecule has 1 saturated carbocycles. The lowest BCUT2D eigenvalue weighted by Gasteiger charge is -2.18. The van der Waals surface area contributed by atoms with Crippen molar-refractivity contribution in [1.29, 1.82) is 0 Å². The van der Waals surface area contributed by atoms with Gasteiger partial charge in [0.15, 0.2) is 0 Å². The Hall–Kier alpha value is -2.89. The third-order valence-corrected chi connectivity index (χ3v) is 5.50. The summed E-state index contributed by atoms with van der Waals surface area (Å²) in [6.07, 6.45) is 6.92. The number of nitrogens with zero attached hydrogens (tertiary/aromatic N) is 2. The van der Waals surface area contributed by atoms with Gasteiger partial charge in [0.2, 0.25) is 5.91 Å². The number of fused-ring (bicyclic) bond motifs is 2. The van der Waals surface area contributed by atoms with Gasteiger partial charge in [0, 0.05) is 18.2 Å². The SMILES string of the molecule is COc1cccc(-c2ccc(=O)n(CC(=O)NC[C@H]3C[C@@H]4C=C[C@@H]3C4)n2)c1. The Balaban J connectivity index is 1.42. The highest BCUT2D eigenvalue weighted by Crippen LogP contribution is 2.42. The fourth-order valence-electron chi connectivity index (χ4n) is 4.06. The lowest BCUT2D eigenvalue weighted by atomic mass is 9.94. The number of amides is 1. The van der Waals surface area contributed by atoms with E-state index in [1.165, 1.54) is 17.2 Å². The van der Waals surface area contributed by atoms with Crippen molar-refractivity contribution in [2.45, 2.75) is 19.4 Å². The fourth-order valence-corrected chi connectivity index (χ4v) is 4.06. The van der Waals surface area contributed by atoms with Crippen LogP contribution in [0.25, 0.3) is 11.3 Å². The van der Waals surface area contributed by atoms with Crippen LogP contribution in [-0.4, -0.2) is 29.3 Å². The summed E-state index contributed by atoms with van der Waals surface area (Å²) in [6, 6.07) is 10.5. The number of rotatable bonds is 6. The topological polar surface area (TPSA) is 73.2 Å². The van der Waals surface area contributed by atoms with Crippen molar-refractivity contribution in [2.75, 3.05) is 13.7 Å². The largest absolute Gasteiger partial charge is 0.497 e. The van der Waals surface area contributed by atoms with Crippen LogP contribution < -0.4 is 15.6 Å². The zero-order valence-corrected chi connectivity index (χ0v) is 15.3. The number of hydrogen-bond donors (Lipinski definition) is 1. The average molecular weight is 365 g/mol. The molecule has 1 amide bonds. The van der Waals surface area contributed by atoms with E-state index in [1.807, 2.05) is 24.3 Å². The lowest BCUT2D eigenvalue weighted by molar-refractivity contribution is -0.122. The number of ether oxygens (including phenoxy) is 1. The summed E-state index contributed by atoms with van der Waals surface area (Å²) in [5.41, 5.74) is 1.16. The molecule has 1 heterocycles. The molecule has 27 heavy (non-hydrogen) atoms. The first-order chi connectivity index (χ1) is 13.1. The van der Waals surface area contributed by atoms with Crippen LogP contribution in [-0.2, 0) is 11.3 Å². The summed E-state index contributed by atoms with van der Waals surface area (Å²) < 4.78 is 6.44. The van der Waals surface area contributed by atoms with Gasteiger partial charge in [0.1, 0.15) is 12.3 Å². The Morgan fingerprint density at radius 1 is 1.26 bits per heavy atom. The molecule has 0 aliphatic heterocycles. The van der Waals surface area contributed by atoms with Crippen LogP contribution in [0.2, 0.25) is 0 Å². The monoisotopic (exact) mass is 365 g/mol. The van der Waals surface area contributed by atoms with Gasteiger partial charge in [-0.1, -0.05) is 24.3 Å². The standard InChI is InChI=1S/C21H23N3O3/c1-27-18-4-2-3-16(11-18)19-7-8-21(26)24(23-19)13-20(25)22-12-17-10-14-5-6-15(17)9-14/h2-8,11,14-15,17H,9-10,12-13H2,1H3,(H,22,25)/t14-,15-,17-/m1/s1. The second-order valence-electron chi connectivity index (χ2n) is 7.29. The summed E-state index contributed by atoms with van der Waals surface area (Å²) in [6.45, 7) is 0.585. The average Bonchev–Trinajstić information content (AvgIpc) is 3.31. The summed E-state index contributed by atoms with van der Waals surface area (Å²) in [5.74, 6) is 2.31. The smallest absolute Gasteiger partial charge is 0.267 e. The summed E-state index contributed by atoms with van der Waals surface area (Å²) >= 11 is 0. The number of carbonyl (C=O) groups is 1. The second-order valence-corrected chi connectivity index (χ2v) is 7.29. The van der Waals surface area contributed by atoms with E-state index in [1.54, 1.807) is 13.2 Å². The highest BCUT2D eigenvalue weighted by Gasteiger charge is 2.35. The van der Waals surface area contributed by atoms with Crippen molar-refractivity contribution in [3.63, 3.8) is 0 Å². The van der Waals surface area contributed by atoms with Gasteiger partial charge in [0.25, 0.3) is 5.56 Å². The Labute approximate surface area is 157 Å². The van der Waals surface area contributed by atoms with E-state index in [9.17, 15) is 9.59 Å². The Kier molecular flexibility index (Phi) is 4.79. The number of methoxy groups -OCH3 is 1. The Morgan fingerprint density at radius 2 is 2.15 bits per heavy atom. The molecule has 0 unspecified atom stereocenters. The first-order valence-electron chi connectivity index (χ1n) is 9.30. The van der Waals surface area contributed by atoms with Gasteiger partial charge in [0.05, 0.1) is 12.8 Å². The number of hydrogen-bond acceptors (Lipinski definition) is 4. The van der Waals surface area contributed by atoms with Crippen molar-refractivity contribution in [3.8, 4) is 17.0 Å². The Bertz CT molecular complexity index is 934. The molecule has 4 rings (SSSR count). The zero-order valence-electron chi connectivity index (χ0n) is 15.3. The molecule has 2 bridgehead atoms. The fraction of sp³-hybridized carbons (Fsp3) is 0.381. The van der Waals surface area contributed by atoms with Crippen LogP contribution in [0.5, 0.6) is 5.75 Å². The molecule has 0 saturated heterocycles.